The van der Waals surface area contributed by atoms with Crippen molar-refractivity contribution in [1.82, 2.24) is 15.2 Å². The van der Waals surface area contributed by atoms with Gasteiger partial charge in [-0.2, -0.15) is 0 Å². The van der Waals surface area contributed by atoms with E-state index in [0.717, 1.165) is 11.1 Å². The van der Waals surface area contributed by atoms with Gasteiger partial charge in [0.2, 0.25) is 5.89 Å². The van der Waals surface area contributed by atoms with Crippen molar-refractivity contribution < 1.29 is 9.15 Å². The molecule has 6 nitrogen and oxygen atoms in total. The average Bonchev–Trinajstić information content (AvgIpc) is 2.93. The Morgan fingerprint density at radius 3 is 2.85 bits per heavy atom. The van der Waals surface area contributed by atoms with Gasteiger partial charge in [-0.3, -0.25) is 4.98 Å². The minimum atomic E-state index is 0.0432. The summed E-state index contributed by atoms with van der Waals surface area (Å²) >= 11 is 0. The Kier molecular flexibility index (Phi) is 3.28. The van der Waals surface area contributed by atoms with Crippen molar-refractivity contribution in [2.24, 2.45) is 0 Å². The van der Waals surface area contributed by atoms with E-state index in [4.69, 9.17) is 14.9 Å². The van der Waals surface area contributed by atoms with Crippen molar-refractivity contribution in [2.45, 2.75) is 6.61 Å². The molecule has 2 N–H and O–H groups in total. The molecule has 100 valence electrons. The summed E-state index contributed by atoms with van der Waals surface area (Å²) in [6.07, 6.45) is 3.49. The molecule has 6 heteroatoms. The molecule has 0 radical (unpaired) electrons. The van der Waals surface area contributed by atoms with E-state index >= 15 is 0 Å². The van der Waals surface area contributed by atoms with E-state index in [2.05, 4.69) is 15.2 Å². The summed E-state index contributed by atoms with van der Waals surface area (Å²) in [6.45, 7) is 0.448. The molecule has 20 heavy (non-hydrogen) atoms. The molecule has 1 aromatic carbocycles. The first kappa shape index (κ1) is 12.2. The molecule has 0 spiro atoms. The number of pyridine rings is 1. The van der Waals surface area contributed by atoms with Gasteiger partial charge in [-0.05, 0) is 24.3 Å². The SMILES string of the molecule is Nc1nnc(-c2cccc(OCc3cccnc3)c2)o1. The molecule has 3 rings (SSSR count). The van der Waals surface area contributed by atoms with Gasteiger partial charge in [0.25, 0.3) is 0 Å². The highest BCUT2D eigenvalue weighted by Gasteiger charge is 2.07. The number of aromatic nitrogens is 3. The largest absolute Gasteiger partial charge is 0.489 e. The zero-order valence-electron chi connectivity index (χ0n) is 10.6. The lowest BCUT2D eigenvalue weighted by molar-refractivity contribution is 0.306. The van der Waals surface area contributed by atoms with Crippen molar-refractivity contribution >= 4 is 6.01 Å². The second-order valence-corrected chi connectivity index (χ2v) is 4.12. The molecule has 0 atom stereocenters. The van der Waals surface area contributed by atoms with E-state index < -0.39 is 0 Å². The predicted molar refractivity (Wildman–Crippen MR) is 72.7 cm³/mol. The van der Waals surface area contributed by atoms with Gasteiger partial charge in [-0.25, -0.2) is 0 Å². The second kappa shape index (κ2) is 5.40. The van der Waals surface area contributed by atoms with E-state index in [9.17, 15) is 0 Å². The zero-order valence-corrected chi connectivity index (χ0v) is 10.6. The van der Waals surface area contributed by atoms with E-state index in [1.807, 2.05) is 36.4 Å². The van der Waals surface area contributed by atoms with Crippen LogP contribution < -0.4 is 10.5 Å². The molecule has 0 fully saturated rings. The number of benzene rings is 1. The highest BCUT2D eigenvalue weighted by Crippen LogP contribution is 2.23. The van der Waals surface area contributed by atoms with Gasteiger partial charge in [-0.1, -0.05) is 17.2 Å². The normalized spacial score (nSPS) is 10.4. The van der Waals surface area contributed by atoms with Crippen LogP contribution in [-0.2, 0) is 6.61 Å². The summed E-state index contributed by atoms with van der Waals surface area (Å²) in [6, 6.07) is 11.3. The Morgan fingerprint density at radius 1 is 1.15 bits per heavy atom. The average molecular weight is 268 g/mol. The second-order valence-electron chi connectivity index (χ2n) is 4.12. The number of ether oxygens (including phenoxy) is 1. The summed E-state index contributed by atoms with van der Waals surface area (Å²) in [7, 11) is 0. The van der Waals surface area contributed by atoms with Crippen LogP contribution in [0.1, 0.15) is 5.56 Å². The highest BCUT2D eigenvalue weighted by atomic mass is 16.5. The molecule has 3 aromatic rings. The number of anilines is 1. The molecule has 0 amide bonds. The maximum Gasteiger partial charge on any atom is 0.313 e. The molecule has 0 aliphatic rings. The first-order valence-electron chi connectivity index (χ1n) is 6.02. The molecule has 0 bridgehead atoms. The third kappa shape index (κ3) is 2.74. The first-order valence-corrected chi connectivity index (χ1v) is 6.02. The number of nitrogen functional groups attached to an aromatic ring is 1. The van der Waals surface area contributed by atoms with Crippen molar-refractivity contribution in [3.05, 3.63) is 54.4 Å². The van der Waals surface area contributed by atoms with Crippen LogP contribution in [0.3, 0.4) is 0 Å². The van der Waals surface area contributed by atoms with Crippen LogP contribution in [0.5, 0.6) is 5.75 Å². The Hall–Kier alpha value is -2.89. The molecular weight excluding hydrogens is 256 g/mol. The fourth-order valence-electron chi connectivity index (χ4n) is 1.72. The van der Waals surface area contributed by atoms with E-state index in [-0.39, 0.29) is 6.01 Å². The summed E-state index contributed by atoms with van der Waals surface area (Å²) in [5.74, 6) is 1.08. The zero-order chi connectivity index (χ0) is 13.8. The minimum Gasteiger partial charge on any atom is -0.489 e. The molecule has 2 aromatic heterocycles. The fraction of sp³-hybridized carbons (Fsp3) is 0.0714. The number of hydrogen-bond donors (Lipinski definition) is 1. The van der Waals surface area contributed by atoms with Crippen LogP contribution in [0.4, 0.5) is 6.01 Å². The number of nitrogens with zero attached hydrogens (tertiary/aromatic N) is 3. The van der Waals surface area contributed by atoms with Crippen LogP contribution in [0.15, 0.2) is 53.2 Å². The lowest BCUT2D eigenvalue weighted by Gasteiger charge is -2.06. The third-order valence-corrected chi connectivity index (χ3v) is 2.65. The number of nitrogens with two attached hydrogens (primary N) is 1. The van der Waals surface area contributed by atoms with Gasteiger partial charge >= 0.3 is 6.01 Å². The van der Waals surface area contributed by atoms with E-state index in [1.54, 1.807) is 12.4 Å². The minimum absolute atomic E-state index is 0.0432. The molecule has 0 aliphatic carbocycles. The Morgan fingerprint density at radius 2 is 2.10 bits per heavy atom. The van der Waals surface area contributed by atoms with Gasteiger partial charge < -0.3 is 14.9 Å². The molecule has 0 unspecified atom stereocenters. The van der Waals surface area contributed by atoms with Crippen molar-refractivity contribution in [2.75, 3.05) is 5.73 Å². The predicted octanol–water partition coefficient (Wildman–Crippen LogP) is 2.29. The monoisotopic (exact) mass is 268 g/mol. The molecule has 2 heterocycles. The van der Waals surface area contributed by atoms with Gasteiger partial charge in [0.05, 0.1) is 0 Å². The third-order valence-electron chi connectivity index (χ3n) is 2.65. The summed E-state index contributed by atoms with van der Waals surface area (Å²) in [5.41, 5.74) is 7.17. The van der Waals surface area contributed by atoms with Gasteiger partial charge in [-0.15, -0.1) is 5.10 Å². The molecule has 0 aliphatic heterocycles. The molecule has 0 saturated heterocycles. The topological polar surface area (TPSA) is 87.1 Å². The highest BCUT2D eigenvalue weighted by molar-refractivity contribution is 5.55. The maximum atomic E-state index is 5.70. The van der Waals surface area contributed by atoms with E-state index in [1.165, 1.54) is 0 Å². The van der Waals surface area contributed by atoms with Gasteiger partial charge in [0.15, 0.2) is 0 Å². The van der Waals surface area contributed by atoms with E-state index in [0.29, 0.717) is 18.2 Å². The lowest BCUT2D eigenvalue weighted by Crippen LogP contribution is -1.95. The van der Waals surface area contributed by atoms with Crippen LogP contribution in [0, 0.1) is 0 Å². The molecular formula is C14H12N4O2. The van der Waals surface area contributed by atoms with Crippen LogP contribution in [0.25, 0.3) is 11.5 Å². The quantitative estimate of drug-likeness (QED) is 0.781. The smallest absolute Gasteiger partial charge is 0.313 e. The van der Waals surface area contributed by atoms with Crippen LogP contribution in [0.2, 0.25) is 0 Å². The lowest BCUT2D eigenvalue weighted by atomic mass is 10.2. The molecule has 0 saturated carbocycles. The van der Waals surface area contributed by atoms with Gasteiger partial charge in [0, 0.05) is 23.5 Å². The summed E-state index contributed by atoms with van der Waals surface area (Å²) in [5, 5.41) is 7.47. The summed E-state index contributed by atoms with van der Waals surface area (Å²) in [4.78, 5) is 4.04. The Labute approximate surface area is 115 Å². The fourth-order valence-corrected chi connectivity index (χ4v) is 1.72. The van der Waals surface area contributed by atoms with Crippen LogP contribution >= 0.6 is 0 Å². The van der Waals surface area contributed by atoms with Crippen molar-refractivity contribution in [3.8, 4) is 17.2 Å². The maximum absolute atomic E-state index is 5.70. The van der Waals surface area contributed by atoms with Gasteiger partial charge in [0.1, 0.15) is 12.4 Å². The van der Waals surface area contributed by atoms with Crippen LogP contribution in [-0.4, -0.2) is 15.2 Å². The first-order chi connectivity index (χ1) is 9.81. The number of rotatable bonds is 4. The standard InChI is InChI=1S/C14H12N4O2/c15-14-18-17-13(20-14)11-4-1-5-12(7-11)19-9-10-3-2-6-16-8-10/h1-8H,9H2,(H2,15,18). The Balaban J connectivity index is 1.75. The number of hydrogen-bond acceptors (Lipinski definition) is 6. The Bertz CT molecular complexity index is 697. The summed E-state index contributed by atoms with van der Waals surface area (Å²) < 4.78 is 10.9. The van der Waals surface area contributed by atoms with Crippen molar-refractivity contribution in [1.29, 1.82) is 0 Å². The van der Waals surface area contributed by atoms with Crippen molar-refractivity contribution in [3.63, 3.8) is 0 Å².